The summed E-state index contributed by atoms with van der Waals surface area (Å²) in [5, 5.41) is 16.3. The van der Waals surface area contributed by atoms with Crippen molar-refractivity contribution in [1.29, 1.82) is 0 Å². The van der Waals surface area contributed by atoms with Gasteiger partial charge in [-0.15, -0.1) is 0 Å². The predicted octanol–water partition coefficient (Wildman–Crippen LogP) is 0.456. The van der Waals surface area contributed by atoms with Crippen LogP contribution in [0.15, 0.2) is 0 Å². The fourth-order valence-corrected chi connectivity index (χ4v) is 1.77. The highest BCUT2D eigenvalue weighted by Crippen LogP contribution is 2.16. The number of aliphatic hydroxyl groups is 1. The number of carbonyl (C=O) groups excluding carboxylic acids is 1. The Bertz CT molecular complexity index is 414. The van der Waals surface area contributed by atoms with E-state index < -0.39 is 0 Å². The lowest BCUT2D eigenvalue weighted by molar-refractivity contribution is 0.0933. The van der Waals surface area contributed by atoms with Crippen LogP contribution in [0.3, 0.4) is 0 Å². The van der Waals surface area contributed by atoms with Crippen molar-refractivity contribution in [3.8, 4) is 0 Å². The van der Waals surface area contributed by atoms with E-state index in [0.717, 1.165) is 5.69 Å². The summed E-state index contributed by atoms with van der Waals surface area (Å²) in [6, 6.07) is 0. The number of rotatable bonds is 6. The van der Waals surface area contributed by atoms with Crippen LogP contribution in [0.5, 0.6) is 0 Å². The van der Waals surface area contributed by atoms with E-state index in [0.29, 0.717) is 37.2 Å². The van der Waals surface area contributed by atoms with E-state index in [-0.39, 0.29) is 12.0 Å². The fourth-order valence-electron chi connectivity index (χ4n) is 1.77. The molecule has 18 heavy (non-hydrogen) atoms. The third-order valence-corrected chi connectivity index (χ3v) is 2.94. The molecule has 6 heteroatoms. The van der Waals surface area contributed by atoms with Crippen LogP contribution in [-0.2, 0) is 13.5 Å². The largest absolute Gasteiger partial charge is 0.395 e. The van der Waals surface area contributed by atoms with Gasteiger partial charge >= 0.3 is 0 Å². The molecule has 1 unspecified atom stereocenters. The smallest absolute Gasteiger partial charge is 0.271 e. The SMILES string of the molecule is CCc1nn(C)c(C(=O)NCCC(O)CC)c1N. The van der Waals surface area contributed by atoms with Crippen LogP contribution in [-0.4, -0.2) is 33.4 Å². The van der Waals surface area contributed by atoms with Gasteiger partial charge in [-0.2, -0.15) is 5.10 Å². The first-order chi connectivity index (χ1) is 8.51. The molecule has 0 spiro atoms. The van der Waals surface area contributed by atoms with Crippen LogP contribution in [0.4, 0.5) is 5.69 Å². The molecule has 1 aromatic rings. The third-order valence-electron chi connectivity index (χ3n) is 2.94. The standard InChI is InChI=1S/C12H22N4O2/c1-4-8(17)6-7-14-12(18)11-10(13)9(5-2)15-16(11)3/h8,17H,4-7,13H2,1-3H3,(H,14,18). The number of amides is 1. The molecule has 1 atom stereocenters. The Morgan fingerprint density at radius 3 is 2.72 bits per heavy atom. The van der Waals surface area contributed by atoms with Gasteiger partial charge in [0.25, 0.3) is 5.91 Å². The summed E-state index contributed by atoms with van der Waals surface area (Å²) >= 11 is 0. The van der Waals surface area contributed by atoms with Gasteiger partial charge in [0.05, 0.1) is 17.5 Å². The summed E-state index contributed by atoms with van der Waals surface area (Å²) in [4.78, 5) is 12.0. The first-order valence-corrected chi connectivity index (χ1v) is 6.28. The van der Waals surface area contributed by atoms with E-state index in [9.17, 15) is 9.90 Å². The molecule has 0 saturated heterocycles. The van der Waals surface area contributed by atoms with Crippen LogP contribution in [0.25, 0.3) is 0 Å². The minimum Gasteiger partial charge on any atom is -0.395 e. The molecule has 6 nitrogen and oxygen atoms in total. The third kappa shape index (κ3) is 3.22. The summed E-state index contributed by atoms with van der Waals surface area (Å²) in [6.45, 7) is 4.27. The molecular formula is C12H22N4O2. The lowest BCUT2D eigenvalue weighted by Crippen LogP contribution is -2.29. The number of nitrogens with zero attached hydrogens (tertiary/aromatic N) is 2. The van der Waals surface area contributed by atoms with Gasteiger partial charge in [-0.25, -0.2) is 0 Å². The molecule has 0 bridgehead atoms. The highest BCUT2D eigenvalue weighted by atomic mass is 16.3. The van der Waals surface area contributed by atoms with E-state index in [2.05, 4.69) is 10.4 Å². The lowest BCUT2D eigenvalue weighted by Gasteiger charge is -2.09. The van der Waals surface area contributed by atoms with Crippen molar-refractivity contribution in [2.75, 3.05) is 12.3 Å². The number of hydrogen-bond acceptors (Lipinski definition) is 4. The minimum absolute atomic E-state index is 0.245. The van der Waals surface area contributed by atoms with Crippen molar-refractivity contribution in [3.05, 3.63) is 11.4 Å². The van der Waals surface area contributed by atoms with Gasteiger partial charge in [-0.05, 0) is 19.3 Å². The van der Waals surface area contributed by atoms with Gasteiger partial charge in [-0.1, -0.05) is 13.8 Å². The normalized spacial score (nSPS) is 12.4. The first-order valence-electron chi connectivity index (χ1n) is 6.28. The van der Waals surface area contributed by atoms with E-state index in [1.807, 2.05) is 13.8 Å². The molecule has 0 aliphatic carbocycles. The van der Waals surface area contributed by atoms with Gasteiger partial charge in [-0.3, -0.25) is 9.48 Å². The van der Waals surface area contributed by atoms with Crippen LogP contribution >= 0.6 is 0 Å². The molecule has 1 amide bonds. The first kappa shape index (κ1) is 14.5. The monoisotopic (exact) mass is 254 g/mol. The second-order valence-corrected chi connectivity index (χ2v) is 4.29. The number of aromatic nitrogens is 2. The van der Waals surface area contributed by atoms with Crippen LogP contribution in [0.2, 0.25) is 0 Å². The molecule has 0 aliphatic rings. The van der Waals surface area contributed by atoms with Gasteiger partial charge in [0.2, 0.25) is 0 Å². The van der Waals surface area contributed by atoms with Crippen LogP contribution < -0.4 is 11.1 Å². The molecule has 0 aromatic carbocycles. The molecule has 1 heterocycles. The maximum Gasteiger partial charge on any atom is 0.271 e. The molecule has 4 N–H and O–H groups in total. The van der Waals surface area contributed by atoms with E-state index >= 15 is 0 Å². The van der Waals surface area contributed by atoms with Gasteiger partial charge in [0.15, 0.2) is 0 Å². The molecular weight excluding hydrogens is 232 g/mol. The highest BCUT2D eigenvalue weighted by Gasteiger charge is 2.18. The summed E-state index contributed by atoms with van der Waals surface area (Å²) in [5.74, 6) is -0.245. The topological polar surface area (TPSA) is 93.2 Å². The predicted molar refractivity (Wildman–Crippen MR) is 70.2 cm³/mol. The molecule has 0 radical (unpaired) electrons. The van der Waals surface area contributed by atoms with Crippen molar-refractivity contribution in [3.63, 3.8) is 0 Å². The van der Waals surface area contributed by atoms with Crippen molar-refractivity contribution in [2.24, 2.45) is 7.05 Å². The number of carbonyl (C=O) groups is 1. The molecule has 0 saturated carbocycles. The zero-order valence-electron chi connectivity index (χ0n) is 11.2. The maximum absolute atomic E-state index is 12.0. The quantitative estimate of drug-likeness (QED) is 0.687. The molecule has 1 aromatic heterocycles. The number of hydrogen-bond donors (Lipinski definition) is 3. The van der Waals surface area contributed by atoms with Crippen molar-refractivity contribution < 1.29 is 9.90 Å². The minimum atomic E-state index is -0.375. The average Bonchev–Trinajstić information content (AvgIpc) is 2.63. The van der Waals surface area contributed by atoms with Gasteiger partial charge in [0.1, 0.15) is 5.69 Å². The van der Waals surface area contributed by atoms with Crippen LogP contribution in [0.1, 0.15) is 42.9 Å². The summed E-state index contributed by atoms with van der Waals surface area (Å²) in [6.07, 6.45) is 1.55. The summed E-state index contributed by atoms with van der Waals surface area (Å²) in [5.41, 5.74) is 7.44. The number of nitrogens with two attached hydrogens (primary N) is 1. The number of nitrogen functional groups attached to an aromatic ring is 1. The zero-order valence-corrected chi connectivity index (χ0v) is 11.2. The Morgan fingerprint density at radius 1 is 1.56 bits per heavy atom. The Hall–Kier alpha value is -1.56. The summed E-state index contributed by atoms with van der Waals surface area (Å²) < 4.78 is 1.50. The van der Waals surface area contributed by atoms with Gasteiger partial charge < -0.3 is 16.2 Å². The average molecular weight is 254 g/mol. The van der Waals surface area contributed by atoms with E-state index in [1.165, 1.54) is 4.68 Å². The Kier molecular flexibility index (Phi) is 5.15. The Balaban J connectivity index is 2.64. The fraction of sp³-hybridized carbons (Fsp3) is 0.667. The lowest BCUT2D eigenvalue weighted by atomic mass is 10.2. The highest BCUT2D eigenvalue weighted by molar-refractivity contribution is 5.97. The molecule has 102 valence electrons. The second-order valence-electron chi connectivity index (χ2n) is 4.29. The maximum atomic E-state index is 12.0. The van der Waals surface area contributed by atoms with E-state index in [1.54, 1.807) is 7.05 Å². The Labute approximate surface area is 107 Å². The second kappa shape index (κ2) is 6.39. The van der Waals surface area contributed by atoms with Crippen LogP contribution in [0, 0.1) is 0 Å². The molecule has 1 rings (SSSR count). The molecule has 0 aliphatic heterocycles. The van der Waals surface area contributed by atoms with Crippen molar-refractivity contribution in [1.82, 2.24) is 15.1 Å². The number of nitrogens with one attached hydrogen (secondary N) is 1. The van der Waals surface area contributed by atoms with Crippen molar-refractivity contribution in [2.45, 2.75) is 39.2 Å². The van der Waals surface area contributed by atoms with Crippen molar-refractivity contribution >= 4 is 11.6 Å². The summed E-state index contributed by atoms with van der Waals surface area (Å²) in [7, 11) is 1.70. The number of anilines is 1. The Morgan fingerprint density at radius 2 is 2.22 bits per heavy atom. The number of aliphatic hydroxyl groups excluding tert-OH is 1. The molecule has 0 fully saturated rings. The number of aryl methyl sites for hydroxylation is 2. The zero-order chi connectivity index (χ0) is 13.7. The van der Waals surface area contributed by atoms with Gasteiger partial charge in [0, 0.05) is 13.6 Å². The van der Waals surface area contributed by atoms with E-state index in [4.69, 9.17) is 5.73 Å².